The number of ether oxygens (including phenoxy) is 1. The summed E-state index contributed by atoms with van der Waals surface area (Å²) in [6, 6.07) is 25.7. The van der Waals surface area contributed by atoms with E-state index in [0.717, 1.165) is 41.9 Å². The minimum absolute atomic E-state index is 0.245. The van der Waals surface area contributed by atoms with Crippen molar-refractivity contribution in [3.63, 3.8) is 0 Å². The molecule has 7 heteroatoms. The lowest BCUT2D eigenvalue weighted by molar-refractivity contribution is -0.120. The van der Waals surface area contributed by atoms with Gasteiger partial charge in [0.25, 0.3) is 0 Å². The molecule has 6 nitrogen and oxygen atoms in total. The van der Waals surface area contributed by atoms with Gasteiger partial charge in [-0.2, -0.15) is 4.31 Å². The Morgan fingerprint density at radius 2 is 1.59 bits per heavy atom. The molecule has 1 atom stereocenters. The second-order valence-electron chi connectivity index (χ2n) is 10.8. The Hall–Kier alpha value is -3.26. The van der Waals surface area contributed by atoms with Crippen LogP contribution in [-0.2, 0) is 26.0 Å². The second-order valence-corrected chi connectivity index (χ2v) is 12.8. The highest BCUT2D eigenvalue weighted by Gasteiger charge is 2.45. The lowest BCUT2D eigenvalue weighted by Crippen LogP contribution is -2.49. The van der Waals surface area contributed by atoms with E-state index in [1.165, 1.54) is 5.56 Å². The molecule has 0 radical (unpaired) electrons. The summed E-state index contributed by atoms with van der Waals surface area (Å²) in [6.45, 7) is 3.78. The molecule has 3 aromatic carbocycles. The van der Waals surface area contributed by atoms with Gasteiger partial charge in [0.1, 0.15) is 5.78 Å². The Labute approximate surface area is 231 Å². The van der Waals surface area contributed by atoms with Crippen LogP contribution in [0.2, 0.25) is 0 Å². The average molecular weight is 543 g/mol. The summed E-state index contributed by atoms with van der Waals surface area (Å²) in [6.07, 6.45) is 4.33. The number of benzene rings is 3. The second kappa shape index (κ2) is 10.7. The molecule has 1 saturated carbocycles. The van der Waals surface area contributed by atoms with Crippen molar-refractivity contribution in [3.05, 3.63) is 96.1 Å². The number of para-hydroxylation sites is 1. The number of nitrogens with zero attached hydrogens (tertiary/aromatic N) is 2. The molecule has 1 aliphatic carbocycles. The standard InChI is InChI=1S/C32H34N2O4S/c35-28-14-16-32(23-25-6-2-1-3-7-25)24-34(17-15-27(32)22-28)39(36,37)29-12-10-26(11-13-29)30-8-4-5-9-31(30)33-18-20-38-21-19-33/h1-13,15H,14,16-24H2. The number of hydrogen-bond acceptors (Lipinski definition) is 5. The zero-order chi connectivity index (χ0) is 26.9. The molecule has 0 bridgehead atoms. The zero-order valence-electron chi connectivity index (χ0n) is 22.1. The van der Waals surface area contributed by atoms with Gasteiger partial charge in [0.2, 0.25) is 10.0 Å². The van der Waals surface area contributed by atoms with Crippen molar-refractivity contribution in [1.82, 2.24) is 4.31 Å². The van der Waals surface area contributed by atoms with Crippen LogP contribution in [0.25, 0.3) is 11.1 Å². The summed E-state index contributed by atoms with van der Waals surface area (Å²) in [7, 11) is -3.71. The Bertz CT molecular complexity index is 1480. The van der Waals surface area contributed by atoms with E-state index in [9.17, 15) is 13.2 Å². The molecule has 3 aromatic rings. The number of fused-ring (bicyclic) bond motifs is 1. The maximum Gasteiger partial charge on any atom is 0.243 e. The highest BCUT2D eigenvalue weighted by molar-refractivity contribution is 7.89. The number of carbonyl (C=O) groups is 1. The van der Waals surface area contributed by atoms with E-state index < -0.39 is 10.0 Å². The van der Waals surface area contributed by atoms with Crippen LogP contribution in [0.3, 0.4) is 0 Å². The first-order valence-corrected chi connectivity index (χ1v) is 15.2. The van der Waals surface area contributed by atoms with Gasteiger partial charge in [0.05, 0.1) is 18.1 Å². The van der Waals surface area contributed by atoms with Crippen LogP contribution in [-0.4, -0.2) is 57.9 Å². The number of hydrogen-bond donors (Lipinski definition) is 0. The van der Waals surface area contributed by atoms with Crippen molar-refractivity contribution in [3.8, 4) is 11.1 Å². The summed E-state index contributed by atoms with van der Waals surface area (Å²) in [5, 5.41) is 0. The van der Waals surface area contributed by atoms with Crippen molar-refractivity contribution in [1.29, 1.82) is 0 Å². The highest BCUT2D eigenvalue weighted by atomic mass is 32.2. The number of Topliss-reactive ketones (excluding diaryl/α,β-unsaturated/α-hetero) is 1. The van der Waals surface area contributed by atoms with E-state index in [1.54, 1.807) is 16.4 Å². The van der Waals surface area contributed by atoms with E-state index in [4.69, 9.17) is 4.74 Å². The molecule has 0 spiro atoms. The van der Waals surface area contributed by atoms with E-state index >= 15 is 0 Å². The van der Waals surface area contributed by atoms with Crippen molar-refractivity contribution in [2.24, 2.45) is 5.41 Å². The van der Waals surface area contributed by atoms with Gasteiger partial charge in [-0.3, -0.25) is 4.79 Å². The maximum atomic E-state index is 13.9. The fraction of sp³-hybridized carbons (Fsp3) is 0.344. The molecule has 0 aromatic heterocycles. The molecule has 3 aliphatic rings. The molecule has 202 valence electrons. The quantitative estimate of drug-likeness (QED) is 0.406. The largest absolute Gasteiger partial charge is 0.378 e. The van der Waals surface area contributed by atoms with Crippen LogP contribution < -0.4 is 4.90 Å². The zero-order valence-corrected chi connectivity index (χ0v) is 22.9. The number of rotatable bonds is 6. The Morgan fingerprint density at radius 1 is 0.872 bits per heavy atom. The summed E-state index contributed by atoms with van der Waals surface area (Å²) in [4.78, 5) is 14.9. The van der Waals surface area contributed by atoms with E-state index in [1.807, 2.05) is 48.5 Å². The van der Waals surface area contributed by atoms with Crippen LogP contribution in [0, 0.1) is 5.41 Å². The monoisotopic (exact) mass is 542 g/mol. The predicted octanol–water partition coefficient (Wildman–Crippen LogP) is 5.10. The highest BCUT2D eigenvalue weighted by Crippen LogP contribution is 2.46. The van der Waals surface area contributed by atoms with Crippen LogP contribution in [0.4, 0.5) is 5.69 Å². The number of morpholine rings is 1. The molecule has 2 fully saturated rings. The first-order chi connectivity index (χ1) is 18.9. The molecule has 39 heavy (non-hydrogen) atoms. The molecular weight excluding hydrogens is 508 g/mol. The van der Waals surface area contributed by atoms with Gasteiger partial charge >= 0.3 is 0 Å². The Kier molecular flexibility index (Phi) is 7.14. The first kappa shape index (κ1) is 26.0. The van der Waals surface area contributed by atoms with Gasteiger partial charge in [0.15, 0.2) is 0 Å². The molecule has 2 aliphatic heterocycles. The van der Waals surface area contributed by atoms with Crippen molar-refractivity contribution in [2.45, 2.75) is 30.6 Å². The molecule has 6 rings (SSSR count). The first-order valence-electron chi connectivity index (χ1n) is 13.7. The SMILES string of the molecule is O=C1CCC2(Cc3ccccc3)CN(S(=O)(=O)c3ccc(-c4ccccc4N4CCOCC4)cc3)CC=C2C1. The molecule has 1 saturated heterocycles. The summed E-state index contributed by atoms with van der Waals surface area (Å²) >= 11 is 0. The minimum atomic E-state index is -3.71. The van der Waals surface area contributed by atoms with Crippen LogP contribution in [0.5, 0.6) is 0 Å². The maximum absolute atomic E-state index is 13.9. The molecule has 0 N–H and O–H groups in total. The van der Waals surface area contributed by atoms with Gasteiger partial charge < -0.3 is 9.64 Å². The van der Waals surface area contributed by atoms with Crippen molar-refractivity contribution < 1.29 is 17.9 Å². The molecular formula is C32H34N2O4S. The van der Waals surface area contributed by atoms with Crippen LogP contribution >= 0.6 is 0 Å². The summed E-state index contributed by atoms with van der Waals surface area (Å²) < 4.78 is 34.9. The normalized spacial score (nSPS) is 22.3. The van der Waals surface area contributed by atoms with Gasteiger partial charge in [-0.15, -0.1) is 0 Å². The van der Waals surface area contributed by atoms with Gasteiger partial charge in [-0.05, 0) is 42.2 Å². The number of sulfonamides is 1. The smallest absolute Gasteiger partial charge is 0.243 e. The fourth-order valence-corrected chi connectivity index (χ4v) is 7.76. The Balaban J connectivity index is 1.27. The summed E-state index contributed by atoms with van der Waals surface area (Å²) in [5.74, 6) is 0.245. The number of carbonyl (C=O) groups excluding carboxylic acids is 1. The molecule has 1 unspecified atom stereocenters. The fourth-order valence-electron chi connectivity index (χ4n) is 6.29. The van der Waals surface area contributed by atoms with Crippen molar-refractivity contribution >= 4 is 21.5 Å². The van der Waals surface area contributed by atoms with Crippen LogP contribution in [0.1, 0.15) is 24.8 Å². The number of ketones is 1. The minimum Gasteiger partial charge on any atom is -0.378 e. The van der Waals surface area contributed by atoms with E-state index in [2.05, 4.69) is 29.2 Å². The predicted molar refractivity (Wildman–Crippen MR) is 153 cm³/mol. The third-order valence-electron chi connectivity index (χ3n) is 8.42. The lowest BCUT2D eigenvalue weighted by atomic mass is 9.65. The third-order valence-corrected chi connectivity index (χ3v) is 10.2. The lowest BCUT2D eigenvalue weighted by Gasteiger charge is -2.45. The van der Waals surface area contributed by atoms with Gasteiger partial charge in [-0.1, -0.05) is 72.3 Å². The third kappa shape index (κ3) is 5.19. The van der Waals surface area contributed by atoms with E-state index in [0.29, 0.717) is 50.5 Å². The van der Waals surface area contributed by atoms with Gasteiger partial charge in [-0.25, -0.2) is 8.42 Å². The molecule has 0 amide bonds. The topological polar surface area (TPSA) is 66.9 Å². The molecule has 2 heterocycles. The Morgan fingerprint density at radius 3 is 2.36 bits per heavy atom. The average Bonchev–Trinajstić information content (AvgIpc) is 2.98. The van der Waals surface area contributed by atoms with Gasteiger partial charge in [0, 0.05) is 55.7 Å². The van der Waals surface area contributed by atoms with Crippen molar-refractivity contribution in [2.75, 3.05) is 44.3 Å². The van der Waals surface area contributed by atoms with Crippen LogP contribution in [0.15, 0.2) is 95.4 Å². The summed E-state index contributed by atoms with van der Waals surface area (Å²) in [5.41, 5.74) is 5.13. The van der Waals surface area contributed by atoms with E-state index in [-0.39, 0.29) is 11.2 Å². The number of anilines is 1.